The number of carbonyl (C=O) groups excluding carboxylic acids is 2. The Morgan fingerprint density at radius 1 is 1.19 bits per heavy atom. The number of hydrogen-bond donors (Lipinski definition) is 2. The van der Waals surface area contributed by atoms with Crippen molar-refractivity contribution in [3.05, 3.63) is 29.8 Å². The van der Waals surface area contributed by atoms with Crippen LogP contribution in [0.1, 0.15) is 51.0 Å². The topological polar surface area (TPSA) is 123 Å². The van der Waals surface area contributed by atoms with Crippen molar-refractivity contribution < 1.29 is 23.1 Å². The molecule has 1 aromatic rings. The van der Waals surface area contributed by atoms with Gasteiger partial charge in [0.15, 0.2) is 0 Å². The number of benzodiazepines with no additional fused rings is 1. The van der Waals surface area contributed by atoms with Crippen LogP contribution in [0.2, 0.25) is 0 Å². The zero-order valence-corrected chi connectivity index (χ0v) is 22.8. The highest BCUT2D eigenvalue weighted by atomic mass is 32.2. The van der Waals surface area contributed by atoms with Gasteiger partial charge in [-0.1, -0.05) is 44.7 Å². The molecule has 2 amide bonds. The molecule has 2 fully saturated rings. The number of benzene rings is 1. The molecule has 0 spiro atoms. The molecule has 11 heteroatoms. The number of aliphatic hydroxyl groups excluding tert-OH is 1. The number of carbonyl (C=O) groups is 2. The van der Waals surface area contributed by atoms with Crippen molar-refractivity contribution in [2.45, 2.75) is 57.7 Å². The van der Waals surface area contributed by atoms with E-state index in [0.717, 1.165) is 31.2 Å². The standard InChI is InChI=1S/C26H39N5O5S/c1-4-5-10-22(32)20(17-18-11-12-18)25(33)28-23-26(34)29(2)21-9-7-6-8-19(21)24(27-23)30-13-15-31(16-14-30)37(3,35)36/h6-9,18,20,22-23,32H,4-5,10-17H2,1-3H3,(H,28,33)/t20-,22+,23?/m1/s1. The number of aliphatic imine (C=N–C) groups is 1. The number of nitrogens with zero attached hydrogens (tertiary/aromatic N) is 4. The summed E-state index contributed by atoms with van der Waals surface area (Å²) in [7, 11) is -1.63. The van der Waals surface area contributed by atoms with Crippen LogP contribution in [-0.4, -0.2) is 92.1 Å². The molecule has 10 nitrogen and oxygen atoms in total. The fourth-order valence-corrected chi connectivity index (χ4v) is 5.92. The first kappa shape index (κ1) is 27.5. The molecule has 1 unspecified atom stereocenters. The first-order chi connectivity index (χ1) is 17.6. The van der Waals surface area contributed by atoms with Gasteiger partial charge in [0.05, 0.1) is 24.0 Å². The summed E-state index contributed by atoms with van der Waals surface area (Å²) in [5.74, 6) is -0.303. The van der Waals surface area contributed by atoms with Gasteiger partial charge in [0.25, 0.3) is 5.91 Å². The highest BCUT2D eigenvalue weighted by molar-refractivity contribution is 7.88. The van der Waals surface area contributed by atoms with Crippen LogP contribution in [-0.2, 0) is 19.6 Å². The molecular formula is C26H39N5O5S. The lowest BCUT2D eigenvalue weighted by Crippen LogP contribution is -2.52. The Labute approximate surface area is 219 Å². The summed E-state index contributed by atoms with van der Waals surface area (Å²) in [6.45, 7) is 3.51. The second-order valence-electron chi connectivity index (χ2n) is 10.4. The lowest BCUT2D eigenvalue weighted by Gasteiger charge is -2.35. The maximum Gasteiger partial charge on any atom is 0.272 e. The minimum absolute atomic E-state index is 0.313. The van der Waals surface area contributed by atoms with Crippen LogP contribution in [0.3, 0.4) is 0 Å². The van der Waals surface area contributed by atoms with Crippen LogP contribution in [0.15, 0.2) is 29.3 Å². The Hall–Kier alpha value is -2.50. The molecule has 2 heterocycles. The molecule has 0 bridgehead atoms. The van der Waals surface area contributed by atoms with E-state index in [9.17, 15) is 23.1 Å². The van der Waals surface area contributed by atoms with Crippen molar-refractivity contribution in [2.24, 2.45) is 16.8 Å². The van der Waals surface area contributed by atoms with E-state index < -0.39 is 28.2 Å². The van der Waals surface area contributed by atoms with E-state index in [1.165, 1.54) is 15.5 Å². The number of fused-ring (bicyclic) bond motifs is 1. The average Bonchev–Trinajstić information content (AvgIpc) is 3.71. The number of rotatable bonds is 9. The smallest absolute Gasteiger partial charge is 0.272 e. The number of para-hydroxylation sites is 1. The number of piperazine rings is 1. The van der Waals surface area contributed by atoms with Gasteiger partial charge in [-0.15, -0.1) is 0 Å². The third kappa shape index (κ3) is 6.50. The molecule has 1 saturated heterocycles. The number of likely N-dealkylation sites (N-methyl/N-ethyl adjacent to an activating group) is 1. The zero-order valence-electron chi connectivity index (χ0n) is 22.0. The monoisotopic (exact) mass is 533 g/mol. The summed E-state index contributed by atoms with van der Waals surface area (Å²) >= 11 is 0. The maximum atomic E-state index is 13.5. The van der Waals surface area contributed by atoms with Gasteiger partial charge >= 0.3 is 0 Å². The van der Waals surface area contributed by atoms with Gasteiger partial charge in [-0.2, -0.15) is 4.31 Å². The average molecular weight is 534 g/mol. The van der Waals surface area contributed by atoms with E-state index in [2.05, 4.69) is 5.32 Å². The number of sulfonamides is 1. The van der Waals surface area contributed by atoms with Crippen molar-refractivity contribution >= 4 is 33.4 Å². The Kier molecular flexibility index (Phi) is 8.55. The minimum atomic E-state index is -3.30. The molecule has 1 aliphatic carbocycles. The van der Waals surface area contributed by atoms with Gasteiger partial charge in [0, 0.05) is 38.8 Å². The first-order valence-electron chi connectivity index (χ1n) is 13.2. The van der Waals surface area contributed by atoms with E-state index in [-0.39, 0.29) is 11.8 Å². The highest BCUT2D eigenvalue weighted by Crippen LogP contribution is 2.37. The van der Waals surface area contributed by atoms with E-state index in [1.807, 2.05) is 36.1 Å². The number of amidine groups is 1. The maximum absolute atomic E-state index is 13.5. The van der Waals surface area contributed by atoms with Crippen LogP contribution < -0.4 is 10.2 Å². The molecule has 0 aromatic heterocycles. The number of anilines is 1. The number of aliphatic hydroxyl groups is 1. The van der Waals surface area contributed by atoms with Gasteiger partial charge in [0.2, 0.25) is 22.1 Å². The zero-order chi connectivity index (χ0) is 26.7. The first-order valence-corrected chi connectivity index (χ1v) is 15.1. The van der Waals surface area contributed by atoms with Gasteiger partial charge < -0.3 is 20.2 Å². The van der Waals surface area contributed by atoms with Crippen molar-refractivity contribution in [2.75, 3.05) is 44.4 Å². The largest absolute Gasteiger partial charge is 0.392 e. The van der Waals surface area contributed by atoms with E-state index in [1.54, 1.807) is 7.05 Å². The van der Waals surface area contributed by atoms with E-state index in [0.29, 0.717) is 56.5 Å². The number of unbranched alkanes of at least 4 members (excludes halogenated alkanes) is 1. The second-order valence-corrected chi connectivity index (χ2v) is 12.4. The normalized spacial score (nSPS) is 22.6. The van der Waals surface area contributed by atoms with E-state index >= 15 is 0 Å². The molecule has 1 saturated carbocycles. The molecule has 3 aliphatic rings. The minimum Gasteiger partial charge on any atom is -0.392 e. The summed E-state index contributed by atoms with van der Waals surface area (Å²) in [6.07, 6.45) is 4.34. The number of nitrogens with one attached hydrogen (secondary N) is 1. The molecule has 204 valence electrons. The van der Waals surface area contributed by atoms with Crippen molar-refractivity contribution in [1.82, 2.24) is 14.5 Å². The van der Waals surface area contributed by atoms with Crippen LogP contribution in [0.4, 0.5) is 5.69 Å². The molecule has 1 aromatic carbocycles. The van der Waals surface area contributed by atoms with Gasteiger partial charge in [-0.05, 0) is 30.9 Å². The van der Waals surface area contributed by atoms with Crippen LogP contribution >= 0.6 is 0 Å². The predicted octanol–water partition coefficient (Wildman–Crippen LogP) is 1.40. The predicted molar refractivity (Wildman–Crippen MR) is 143 cm³/mol. The lowest BCUT2D eigenvalue weighted by molar-refractivity contribution is -0.133. The number of hydrogen-bond acceptors (Lipinski definition) is 7. The quantitative estimate of drug-likeness (QED) is 0.495. The SMILES string of the molecule is CCCC[C@H](O)[C@@H](CC1CC1)C(=O)NC1N=C(N2CCN(S(C)(=O)=O)CC2)c2ccccc2N(C)C1=O. The Morgan fingerprint density at radius 2 is 1.86 bits per heavy atom. The van der Waals surface area contributed by atoms with Gasteiger partial charge in [0.1, 0.15) is 5.84 Å². The summed E-state index contributed by atoms with van der Waals surface area (Å²) in [4.78, 5) is 35.2. The van der Waals surface area contributed by atoms with Crippen LogP contribution in [0, 0.1) is 11.8 Å². The summed E-state index contributed by atoms with van der Waals surface area (Å²) in [6, 6.07) is 7.43. The van der Waals surface area contributed by atoms with Crippen LogP contribution in [0.25, 0.3) is 0 Å². The molecule has 0 radical (unpaired) electrons. The molecule has 3 atom stereocenters. The van der Waals surface area contributed by atoms with Gasteiger partial charge in [-0.3, -0.25) is 9.59 Å². The Bertz CT molecular complexity index is 1130. The molecule has 2 N–H and O–H groups in total. The summed E-state index contributed by atoms with van der Waals surface area (Å²) in [5, 5.41) is 13.7. The van der Waals surface area contributed by atoms with E-state index in [4.69, 9.17) is 4.99 Å². The van der Waals surface area contributed by atoms with Crippen molar-refractivity contribution in [1.29, 1.82) is 0 Å². The fraction of sp³-hybridized carbons (Fsp3) is 0.654. The molecule has 2 aliphatic heterocycles. The van der Waals surface area contributed by atoms with Gasteiger partial charge in [-0.25, -0.2) is 13.4 Å². The Balaban J connectivity index is 1.61. The third-order valence-electron chi connectivity index (χ3n) is 7.55. The highest BCUT2D eigenvalue weighted by Gasteiger charge is 2.38. The summed E-state index contributed by atoms with van der Waals surface area (Å²) < 4.78 is 25.4. The molecule has 4 rings (SSSR count). The fourth-order valence-electron chi connectivity index (χ4n) is 5.09. The van der Waals surface area contributed by atoms with Crippen molar-refractivity contribution in [3.63, 3.8) is 0 Å². The Morgan fingerprint density at radius 3 is 2.49 bits per heavy atom. The van der Waals surface area contributed by atoms with Crippen molar-refractivity contribution in [3.8, 4) is 0 Å². The molecular weight excluding hydrogens is 494 g/mol. The number of amides is 2. The van der Waals surface area contributed by atoms with Crippen LogP contribution in [0.5, 0.6) is 0 Å². The molecule has 37 heavy (non-hydrogen) atoms. The third-order valence-corrected chi connectivity index (χ3v) is 8.85. The summed E-state index contributed by atoms with van der Waals surface area (Å²) in [5.41, 5.74) is 1.42. The second kappa shape index (κ2) is 11.5. The lowest BCUT2D eigenvalue weighted by atomic mass is 9.91.